The molecule has 0 aliphatic carbocycles. The molecule has 0 aliphatic heterocycles. The van der Waals surface area contributed by atoms with Crippen molar-refractivity contribution in [3.63, 3.8) is 0 Å². The zero-order chi connectivity index (χ0) is 23.1. The molecule has 1 amide bonds. The maximum Gasteiger partial charge on any atom is 0.330 e. The summed E-state index contributed by atoms with van der Waals surface area (Å²) in [7, 11) is 0. The molecule has 3 aromatic rings. The zero-order valence-corrected chi connectivity index (χ0v) is 17.7. The summed E-state index contributed by atoms with van der Waals surface area (Å²) in [6.07, 6.45) is 1.49. The molecule has 0 spiro atoms. The Balaban J connectivity index is 1.97. The first kappa shape index (κ1) is 22.8. The smallest absolute Gasteiger partial charge is 0.330 e. The number of hydrogen-bond donors (Lipinski definition) is 2. The van der Waals surface area contributed by atoms with E-state index in [0.29, 0.717) is 18.7 Å². The van der Waals surface area contributed by atoms with Crippen LogP contribution in [0.25, 0.3) is 0 Å². The predicted molar refractivity (Wildman–Crippen MR) is 120 cm³/mol. The Bertz CT molecular complexity index is 1170. The average Bonchev–Trinajstić information content (AvgIpc) is 2.78. The SMILES string of the molecule is CCCCn1c(N)c(N(Cc2ccccc2)C(=O)COc2ccc(F)cc2)c(=O)[nH]c1=O. The van der Waals surface area contributed by atoms with E-state index in [2.05, 4.69) is 4.98 Å². The minimum absolute atomic E-state index is 0.0473. The quantitative estimate of drug-likeness (QED) is 0.532. The lowest BCUT2D eigenvalue weighted by Gasteiger charge is -2.24. The average molecular weight is 440 g/mol. The number of nitrogens with two attached hydrogens (primary N) is 1. The Morgan fingerprint density at radius 1 is 1.12 bits per heavy atom. The van der Waals surface area contributed by atoms with E-state index in [-0.39, 0.29) is 18.1 Å². The highest BCUT2D eigenvalue weighted by Gasteiger charge is 2.25. The van der Waals surface area contributed by atoms with Gasteiger partial charge >= 0.3 is 5.69 Å². The molecule has 0 bridgehead atoms. The minimum Gasteiger partial charge on any atom is -0.484 e. The number of unbranched alkanes of at least 4 members (excludes halogenated alkanes) is 1. The fourth-order valence-corrected chi connectivity index (χ4v) is 3.19. The van der Waals surface area contributed by atoms with Gasteiger partial charge in [0.1, 0.15) is 17.4 Å². The molecule has 0 saturated heterocycles. The Morgan fingerprint density at radius 2 is 1.81 bits per heavy atom. The molecule has 3 rings (SSSR count). The molecule has 8 nitrogen and oxygen atoms in total. The lowest BCUT2D eigenvalue weighted by molar-refractivity contribution is -0.120. The molecule has 0 fully saturated rings. The first-order valence-corrected chi connectivity index (χ1v) is 10.3. The number of aromatic amines is 1. The van der Waals surface area contributed by atoms with Gasteiger partial charge in [0.2, 0.25) is 0 Å². The van der Waals surface area contributed by atoms with Crippen molar-refractivity contribution in [3.05, 3.63) is 86.8 Å². The number of carbonyl (C=O) groups is 1. The van der Waals surface area contributed by atoms with Crippen LogP contribution in [0, 0.1) is 5.82 Å². The van der Waals surface area contributed by atoms with E-state index < -0.39 is 29.6 Å². The number of nitrogens with zero attached hydrogens (tertiary/aromatic N) is 2. The van der Waals surface area contributed by atoms with Crippen molar-refractivity contribution in [1.82, 2.24) is 9.55 Å². The van der Waals surface area contributed by atoms with Gasteiger partial charge in [-0.2, -0.15) is 0 Å². The van der Waals surface area contributed by atoms with E-state index in [1.54, 1.807) is 12.1 Å². The molecule has 3 N–H and O–H groups in total. The number of H-pyrrole nitrogens is 1. The number of rotatable bonds is 9. The van der Waals surface area contributed by atoms with Crippen molar-refractivity contribution in [2.45, 2.75) is 32.9 Å². The summed E-state index contributed by atoms with van der Waals surface area (Å²) in [5, 5.41) is 0. The van der Waals surface area contributed by atoms with Crippen molar-refractivity contribution < 1.29 is 13.9 Å². The number of hydrogen-bond acceptors (Lipinski definition) is 5. The van der Waals surface area contributed by atoms with Gasteiger partial charge < -0.3 is 10.5 Å². The molecule has 0 unspecified atom stereocenters. The third-order valence-electron chi connectivity index (χ3n) is 4.88. The van der Waals surface area contributed by atoms with Crippen LogP contribution in [0.15, 0.2) is 64.2 Å². The van der Waals surface area contributed by atoms with Crippen LogP contribution in [0.2, 0.25) is 0 Å². The summed E-state index contributed by atoms with van der Waals surface area (Å²) < 4.78 is 19.9. The molecule has 1 aromatic heterocycles. The normalized spacial score (nSPS) is 10.7. The number of halogens is 1. The summed E-state index contributed by atoms with van der Waals surface area (Å²) >= 11 is 0. The van der Waals surface area contributed by atoms with Crippen LogP contribution in [-0.4, -0.2) is 22.1 Å². The highest BCUT2D eigenvalue weighted by Crippen LogP contribution is 2.21. The number of ether oxygens (including phenoxy) is 1. The lowest BCUT2D eigenvalue weighted by Crippen LogP contribution is -2.42. The Morgan fingerprint density at radius 3 is 2.47 bits per heavy atom. The Labute approximate surface area is 184 Å². The van der Waals surface area contributed by atoms with Gasteiger partial charge in [-0.15, -0.1) is 0 Å². The number of nitrogens with one attached hydrogen (secondary N) is 1. The maximum atomic E-state index is 13.1. The largest absolute Gasteiger partial charge is 0.484 e. The van der Waals surface area contributed by atoms with Crippen molar-refractivity contribution >= 4 is 17.4 Å². The summed E-state index contributed by atoms with van der Waals surface area (Å²) in [5.74, 6) is -0.758. The highest BCUT2D eigenvalue weighted by molar-refractivity contribution is 5.96. The third kappa shape index (κ3) is 5.42. The van der Waals surface area contributed by atoms with Crippen LogP contribution >= 0.6 is 0 Å². The third-order valence-corrected chi connectivity index (χ3v) is 4.88. The van der Waals surface area contributed by atoms with E-state index in [0.717, 1.165) is 12.0 Å². The van der Waals surface area contributed by atoms with Gasteiger partial charge in [-0.25, -0.2) is 9.18 Å². The molecule has 9 heteroatoms. The number of nitrogen functional groups attached to an aromatic ring is 1. The van der Waals surface area contributed by atoms with Crippen molar-refractivity contribution in [2.75, 3.05) is 17.2 Å². The van der Waals surface area contributed by atoms with Gasteiger partial charge in [0.25, 0.3) is 11.5 Å². The van der Waals surface area contributed by atoms with Gasteiger partial charge in [0, 0.05) is 6.54 Å². The molecule has 0 aliphatic rings. The summed E-state index contributed by atoms with van der Waals surface area (Å²) in [6, 6.07) is 14.3. The van der Waals surface area contributed by atoms with Crippen molar-refractivity contribution in [3.8, 4) is 5.75 Å². The number of carbonyl (C=O) groups excluding carboxylic acids is 1. The lowest BCUT2D eigenvalue weighted by atomic mass is 10.2. The molecular weight excluding hydrogens is 415 g/mol. The first-order valence-electron chi connectivity index (χ1n) is 10.3. The fourth-order valence-electron chi connectivity index (χ4n) is 3.19. The Hall–Kier alpha value is -3.88. The summed E-state index contributed by atoms with van der Waals surface area (Å²) in [5.41, 5.74) is 5.47. The topological polar surface area (TPSA) is 110 Å². The minimum atomic E-state index is -0.758. The molecule has 1 heterocycles. The predicted octanol–water partition coefficient (Wildman–Crippen LogP) is 2.67. The van der Waals surface area contributed by atoms with Gasteiger partial charge in [-0.05, 0) is 36.2 Å². The standard InChI is InChI=1S/C23H25FN4O4/c1-2-3-13-27-21(25)20(22(30)26-23(27)31)28(14-16-7-5-4-6-8-16)19(29)15-32-18-11-9-17(24)10-12-18/h4-12H,2-3,13-15,25H2,1H3,(H,26,30,31). The van der Waals surface area contributed by atoms with Crippen LogP contribution in [0.3, 0.4) is 0 Å². The van der Waals surface area contributed by atoms with E-state index >= 15 is 0 Å². The van der Waals surface area contributed by atoms with E-state index in [4.69, 9.17) is 10.5 Å². The van der Waals surface area contributed by atoms with Crippen molar-refractivity contribution in [2.24, 2.45) is 0 Å². The molecular formula is C23H25FN4O4. The molecule has 32 heavy (non-hydrogen) atoms. The van der Waals surface area contributed by atoms with Crippen LogP contribution < -0.4 is 26.6 Å². The monoisotopic (exact) mass is 440 g/mol. The molecule has 0 saturated carbocycles. The first-order chi connectivity index (χ1) is 15.4. The number of amides is 1. The van der Waals surface area contributed by atoms with Crippen LogP contribution in [0.4, 0.5) is 15.9 Å². The van der Waals surface area contributed by atoms with Gasteiger partial charge in [-0.1, -0.05) is 43.7 Å². The maximum absolute atomic E-state index is 13.1. The number of anilines is 2. The van der Waals surface area contributed by atoms with Crippen LogP contribution in [0.5, 0.6) is 5.75 Å². The molecule has 0 atom stereocenters. The zero-order valence-electron chi connectivity index (χ0n) is 17.7. The highest BCUT2D eigenvalue weighted by atomic mass is 19.1. The Kier molecular flexibility index (Phi) is 7.43. The molecule has 2 aromatic carbocycles. The van der Waals surface area contributed by atoms with E-state index in [1.165, 1.54) is 33.7 Å². The second kappa shape index (κ2) is 10.4. The second-order valence-corrected chi connectivity index (χ2v) is 7.21. The summed E-state index contributed by atoms with van der Waals surface area (Å²) in [6.45, 7) is 1.91. The number of aromatic nitrogens is 2. The number of benzene rings is 2. The molecule has 168 valence electrons. The van der Waals surface area contributed by atoms with Gasteiger partial charge in [0.05, 0.1) is 6.54 Å². The van der Waals surface area contributed by atoms with Gasteiger partial charge in [0.15, 0.2) is 12.3 Å². The fraction of sp³-hybridized carbons (Fsp3) is 0.261. The van der Waals surface area contributed by atoms with Crippen LogP contribution in [-0.2, 0) is 17.9 Å². The van der Waals surface area contributed by atoms with Crippen LogP contribution in [0.1, 0.15) is 25.3 Å². The second-order valence-electron chi connectivity index (χ2n) is 7.21. The summed E-state index contributed by atoms with van der Waals surface area (Å²) in [4.78, 5) is 41.6. The molecule has 0 radical (unpaired) electrons. The van der Waals surface area contributed by atoms with E-state index in [9.17, 15) is 18.8 Å². The van der Waals surface area contributed by atoms with Gasteiger partial charge in [-0.3, -0.25) is 24.0 Å². The van der Waals surface area contributed by atoms with E-state index in [1.807, 2.05) is 25.1 Å². The van der Waals surface area contributed by atoms with Crippen molar-refractivity contribution in [1.29, 1.82) is 0 Å².